The molecule has 0 unspecified atom stereocenters. The van der Waals surface area contributed by atoms with Gasteiger partial charge in [-0.2, -0.15) is 0 Å². The van der Waals surface area contributed by atoms with Gasteiger partial charge in [-0.15, -0.1) is 10.2 Å². The molecule has 1 saturated heterocycles. The zero-order chi connectivity index (χ0) is 15.7. The molecule has 0 spiro atoms. The predicted octanol–water partition coefficient (Wildman–Crippen LogP) is 1.02. The molecule has 2 amide bonds. The zero-order valence-corrected chi connectivity index (χ0v) is 12.5. The second-order valence-electron chi connectivity index (χ2n) is 5.52. The van der Waals surface area contributed by atoms with Gasteiger partial charge in [-0.1, -0.05) is 6.07 Å². The summed E-state index contributed by atoms with van der Waals surface area (Å²) >= 11 is 0. The molecule has 1 fully saturated rings. The molecule has 22 heavy (non-hydrogen) atoms. The summed E-state index contributed by atoms with van der Waals surface area (Å²) < 4.78 is 1.38. The van der Waals surface area contributed by atoms with Crippen LogP contribution in [0.3, 0.4) is 0 Å². The first-order valence-electron chi connectivity index (χ1n) is 7.07. The number of aryl methyl sites for hydroxylation is 2. The average molecular weight is 299 g/mol. The minimum absolute atomic E-state index is 0.0350. The van der Waals surface area contributed by atoms with Gasteiger partial charge < -0.3 is 4.90 Å². The molecular weight excluding hydrogens is 282 g/mol. The highest BCUT2D eigenvalue weighted by molar-refractivity contribution is 6.01. The lowest BCUT2D eigenvalue weighted by Crippen LogP contribution is -2.31. The molecule has 2 aromatic rings. The monoisotopic (exact) mass is 299 g/mol. The van der Waals surface area contributed by atoms with Gasteiger partial charge in [0.25, 0.3) is 0 Å². The summed E-state index contributed by atoms with van der Waals surface area (Å²) in [5.41, 5.74) is 5.80. The van der Waals surface area contributed by atoms with E-state index in [0.29, 0.717) is 6.54 Å². The van der Waals surface area contributed by atoms with E-state index >= 15 is 0 Å². The number of hydrogen-bond acceptors (Lipinski definition) is 4. The Labute approximate surface area is 127 Å². The Bertz CT molecular complexity index is 711. The number of benzene rings is 1. The molecule has 1 aliphatic heterocycles. The molecule has 2 heterocycles. The van der Waals surface area contributed by atoms with E-state index in [-0.39, 0.29) is 24.2 Å². The van der Waals surface area contributed by atoms with Gasteiger partial charge in [0.15, 0.2) is 0 Å². The number of amides is 2. The topological polar surface area (TPSA) is 80.1 Å². The minimum atomic E-state index is -0.378. The van der Waals surface area contributed by atoms with Crippen molar-refractivity contribution >= 4 is 17.5 Å². The van der Waals surface area contributed by atoms with E-state index in [1.165, 1.54) is 22.9 Å². The van der Waals surface area contributed by atoms with Gasteiger partial charge in [-0.05, 0) is 37.1 Å². The predicted molar refractivity (Wildman–Crippen MR) is 80.8 cm³/mol. The fraction of sp³-hybridized carbons (Fsp3) is 0.333. The largest absolute Gasteiger partial charge is 0.312 e. The van der Waals surface area contributed by atoms with Crippen molar-refractivity contribution in [2.24, 2.45) is 5.92 Å². The molecule has 0 bridgehead atoms. The summed E-state index contributed by atoms with van der Waals surface area (Å²) in [7, 11) is 0. The normalized spacial score (nSPS) is 17.8. The molecule has 1 N–H and O–H groups in total. The van der Waals surface area contributed by atoms with Gasteiger partial charge in [-0.25, -0.2) is 4.68 Å². The fourth-order valence-electron chi connectivity index (χ4n) is 2.50. The smallest absolute Gasteiger partial charge is 0.244 e. The van der Waals surface area contributed by atoms with Gasteiger partial charge in [0, 0.05) is 18.7 Å². The van der Waals surface area contributed by atoms with Crippen LogP contribution in [0, 0.1) is 19.8 Å². The van der Waals surface area contributed by atoms with E-state index < -0.39 is 0 Å². The second kappa shape index (κ2) is 5.59. The van der Waals surface area contributed by atoms with Gasteiger partial charge >= 0.3 is 0 Å². The van der Waals surface area contributed by atoms with Crippen molar-refractivity contribution in [1.82, 2.24) is 14.9 Å². The summed E-state index contributed by atoms with van der Waals surface area (Å²) in [5.74, 6) is -0.622. The van der Waals surface area contributed by atoms with Crippen molar-refractivity contribution in [3.8, 4) is 0 Å². The number of aromatic nitrogens is 3. The SMILES string of the molecule is Cc1ccc(N2C[C@H](C(=O)Nn3cnnc3)CC2=O)cc1C. The lowest BCUT2D eigenvalue weighted by Gasteiger charge is -2.18. The number of anilines is 1. The molecule has 1 atom stereocenters. The first-order valence-corrected chi connectivity index (χ1v) is 7.07. The van der Waals surface area contributed by atoms with E-state index in [2.05, 4.69) is 15.6 Å². The summed E-state index contributed by atoms with van der Waals surface area (Å²) in [6, 6.07) is 5.89. The zero-order valence-electron chi connectivity index (χ0n) is 12.5. The highest BCUT2D eigenvalue weighted by Gasteiger charge is 2.35. The molecule has 114 valence electrons. The van der Waals surface area contributed by atoms with E-state index in [9.17, 15) is 9.59 Å². The fourth-order valence-corrected chi connectivity index (χ4v) is 2.50. The van der Waals surface area contributed by atoms with E-state index in [1.807, 2.05) is 32.0 Å². The maximum absolute atomic E-state index is 12.2. The van der Waals surface area contributed by atoms with Gasteiger partial charge in [-0.3, -0.25) is 15.0 Å². The molecule has 1 aromatic carbocycles. The van der Waals surface area contributed by atoms with E-state index in [0.717, 1.165) is 11.3 Å². The van der Waals surface area contributed by atoms with E-state index in [4.69, 9.17) is 0 Å². The number of nitrogens with one attached hydrogen (secondary N) is 1. The van der Waals surface area contributed by atoms with Crippen LogP contribution < -0.4 is 10.3 Å². The third-order valence-electron chi connectivity index (χ3n) is 3.96. The van der Waals surface area contributed by atoms with Crippen LogP contribution in [-0.4, -0.2) is 33.2 Å². The van der Waals surface area contributed by atoms with Crippen LogP contribution in [0.4, 0.5) is 5.69 Å². The third-order valence-corrected chi connectivity index (χ3v) is 3.96. The molecule has 0 radical (unpaired) electrons. The van der Waals surface area contributed by atoms with Crippen molar-refractivity contribution in [2.75, 3.05) is 16.9 Å². The summed E-state index contributed by atoms with van der Waals surface area (Å²) in [6.45, 7) is 4.42. The van der Waals surface area contributed by atoms with Crippen molar-refractivity contribution in [1.29, 1.82) is 0 Å². The molecule has 1 aliphatic rings. The Kier molecular flexibility index (Phi) is 3.62. The molecular formula is C15H17N5O2. The summed E-state index contributed by atoms with van der Waals surface area (Å²) in [5, 5.41) is 7.24. The Balaban J connectivity index is 1.72. The standard InChI is InChI=1S/C15H17N5O2/c1-10-3-4-13(5-11(10)2)20-7-12(6-14(20)21)15(22)18-19-8-16-17-9-19/h3-5,8-9,12H,6-7H2,1-2H3,(H,18,22)/t12-/m1/s1. The van der Waals surface area contributed by atoms with Crippen LogP contribution in [0.5, 0.6) is 0 Å². The maximum atomic E-state index is 12.2. The summed E-state index contributed by atoms with van der Waals surface area (Å²) in [4.78, 5) is 26.1. The van der Waals surface area contributed by atoms with E-state index in [1.54, 1.807) is 4.90 Å². The number of hydrogen-bond donors (Lipinski definition) is 1. The number of rotatable bonds is 3. The van der Waals surface area contributed by atoms with Crippen molar-refractivity contribution < 1.29 is 9.59 Å². The highest BCUT2D eigenvalue weighted by Crippen LogP contribution is 2.27. The van der Waals surface area contributed by atoms with Crippen LogP contribution in [0.2, 0.25) is 0 Å². The molecule has 7 heteroatoms. The lowest BCUT2D eigenvalue weighted by molar-refractivity contribution is -0.123. The van der Waals surface area contributed by atoms with Crippen molar-refractivity contribution in [3.05, 3.63) is 42.0 Å². The quantitative estimate of drug-likeness (QED) is 0.917. The van der Waals surface area contributed by atoms with Gasteiger partial charge in [0.05, 0.1) is 5.92 Å². The molecule has 0 aliphatic carbocycles. The average Bonchev–Trinajstić information content (AvgIpc) is 3.11. The molecule has 0 saturated carbocycles. The Hall–Kier alpha value is -2.70. The Morgan fingerprint density at radius 2 is 1.95 bits per heavy atom. The van der Waals surface area contributed by atoms with Crippen LogP contribution in [-0.2, 0) is 9.59 Å². The van der Waals surface area contributed by atoms with Gasteiger partial charge in [0.2, 0.25) is 11.8 Å². The first kappa shape index (κ1) is 14.2. The third kappa shape index (κ3) is 2.69. The molecule has 3 rings (SSSR count). The van der Waals surface area contributed by atoms with Crippen LogP contribution in [0.25, 0.3) is 0 Å². The number of carbonyl (C=O) groups is 2. The Morgan fingerprint density at radius 1 is 1.23 bits per heavy atom. The maximum Gasteiger partial charge on any atom is 0.244 e. The van der Waals surface area contributed by atoms with Gasteiger partial charge in [0.1, 0.15) is 12.7 Å². The lowest BCUT2D eigenvalue weighted by atomic mass is 10.1. The minimum Gasteiger partial charge on any atom is -0.312 e. The number of nitrogens with zero attached hydrogens (tertiary/aromatic N) is 4. The highest BCUT2D eigenvalue weighted by atomic mass is 16.2. The summed E-state index contributed by atoms with van der Waals surface area (Å²) in [6.07, 6.45) is 3.01. The first-order chi connectivity index (χ1) is 10.5. The molecule has 7 nitrogen and oxygen atoms in total. The van der Waals surface area contributed by atoms with Crippen molar-refractivity contribution in [3.63, 3.8) is 0 Å². The van der Waals surface area contributed by atoms with Crippen LogP contribution in [0.15, 0.2) is 30.9 Å². The molecule has 1 aromatic heterocycles. The Morgan fingerprint density at radius 3 is 2.64 bits per heavy atom. The van der Waals surface area contributed by atoms with Crippen LogP contribution >= 0.6 is 0 Å². The number of carbonyl (C=O) groups excluding carboxylic acids is 2. The second-order valence-corrected chi connectivity index (χ2v) is 5.52. The van der Waals surface area contributed by atoms with Crippen LogP contribution in [0.1, 0.15) is 17.5 Å². The van der Waals surface area contributed by atoms with Crippen molar-refractivity contribution in [2.45, 2.75) is 20.3 Å².